The summed E-state index contributed by atoms with van der Waals surface area (Å²) in [7, 11) is 1.68. The highest BCUT2D eigenvalue weighted by Crippen LogP contribution is 2.12. The van der Waals surface area contributed by atoms with E-state index in [0.29, 0.717) is 6.61 Å². The summed E-state index contributed by atoms with van der Waals surface area (Å²) < 4.78 is 11.0. The number of hydrogen-bond acceptors (Lipinski definition) is 2. The molecule has 0 saturated carbocycles. The molecule has 0 aliphatic rings. The van der Waals surface area contributed by atoms with E-state index in [1.807, 2.05) is 30.3 Å². The molecular formula is C20H24O2. The number of hydrogen-bond donors (Lipinski definition) is 0. The second-order valence-electron chi connectivity index (χ2n) is 5.34. The number of benzene rings is 2. The van der Waals surface area contributed by atoms with Crippen LogP contribution in [0.2, 0.25) is 0 Å². The van der Waals surface area contributed by atoms with Crippen molar-refractivity contribution in [2.75, 3.05) is 13.7 Å². The minimum atomic E-state index is 0.265. The van der Waals surface area contributed by atoms with Crippen molar-refractivity contribution in [2.45, 2.75) is 25.9 Å². The van der Waals surface area contributed by atoms with Gasteiger partial charge < -0.3 is 9.47 Å². The molecule has 1 atom stereocenters. The Morgan fingerprint density at radius 1 is 1.00 bits per heavy atom. The van der Waals surface area contributed by atoms with Crippen molar-refractivity contribution < 1.29 is 9.47 Å². The average Bonchev–Trinajstić information content (AvgIpc) is 2.58. The number of rotatable bonds is 8. The highest BCUT2D eigenvalue weighted by atomic mass is 16.5. The standard InChI is InChI=1S/C20H24O2/c1-17(10-11-18-7-4-3-5-8-18)22-16-6-9-19-12-14-20(21-2)15-13-19/h3-9,12-15,17H,10-11,16H2,1-2H3. The zero-order valence-electron chi connectivity index (χ0n) is 13.4. The molecule has 116 valence electrons. The zero-order valence-corrected chi connectivity index (χ0v) is 13.4. The van der Waals surface area contributed by atoms with Crippen LogP contribution in [0, 0.1) is 0 Å². The Morgan fingerprint density at radius 2 is 1.73 bits per heavy atom. The number of ether oxygens (including phenoxy) is 2. The van der Waals surface area contributed by atoms with Crippen LogP contribution in [0.1, 0.15) is 24.5 Å². The highest BCUT2D eigenvalue weighted by molar-refractivity contribution is 5.50. The number of aryl methyl sites for hydroxylation is 1. The second-order valence-corrected chi connectivity index (χ2v) is 5.34. The normalized spacial score (nSPS) is 12.5. The van der Waals surface area contributed by atoms with E-state index in [2.05, 4.69) is 43.3 Å². The van der Waals surface area contributed by atoms with Crippen LogP contribution in [-0.2, 0) is 11.2 Å². The summed E-state index contributed by atoms with van der Waals surface area (Å²) in [6.07, 6.45) is 6.50. The maximum atomic E-state index is 5.82. The van der Waals surface area contributed by atoms with Crippen molar-refractivity contribution in [2.24, 2.45) is 0 Å². The van der Waals surface area contributed by atoms with Gasteiger partial charge in [-0.05, 0) is 43.0 Å². The third-order valence-electron chi connectivity index (χ3n) is 3.59. The summed E-state index contributed by atoms with van der Waals surface area (Å²) >= 11 is 0. The third-order valence-corrected chi connectivity index (χ3v) is 3.59. The van der Waals surface area contributed by atoms with Gasteiger partial charge in [0.25, 0.3) is 0 Å². The predicted octanol–water partition coefficient (Wildman–Crippen LogP) is 4.75. The molecule has 0 aliphatic carbocycles. The molecule has 0 radical (unpaired) electrons. The fourth-order valence-corrected chi connectivity index (χ4v) is 2.22. The Morgan fingerprint density at radius 3 is 2.41 bits per heavy atom. The van der Waals surface area contributed by atoms with Crippen LogP contribution in [0.4, 0.5) is 0 Å². The van der Waals surface area contributed by atoms with E-state index in [-0.39, 0.29) is 6.10 Å². The SMILES string of the molecule is COc1ccc(C=CCOC(C)CCc2ccccc2)cc1. The number of methoxy groups -OCH3 is 1. The van der Waals surface area contributed by atoms with Crippen molar-refractivity contribution in [1.82, 2.24) is 0 Å². The summed E-state index contributed by atoms with van der Waals surface area (Å²) in [4.78, 5) is 0. The molecule has 1 unspecified atom stereocenters. The summed E-state index contributed by atoms with van der Waals surface area (Å²) in [5, 5.41) is 0. The first-order chi connectivity index (χ1) is 10.8. The lowest BCUT2D eigenvalue weighted by Crippen LogP contribution is -2.09. The maximum Gasteiger partial charge on any atom is 0.118 e. The van der Waals surface area contributed by atoms with E-state index < -0.39 is 0 Å². The molecule has 0 N–H and O–H groups in total. The fourth-order valence-electron chi connectivity index (χ4n) is 2.22. The largest absolute Gasteiger partial charge is 0.497 e. The Hall–Kier alpha value is -2.06. The molecule has 0 aliphatic heterocycles. The smallest absolute Gasteiger partial charge is 0.118 e. The first-order valence-corrected chi connectivity index (χ1v) is 7.74. The monoisotopic (exact) mass is 296 g/mol. The zero-order chi connectivity index (χ0) is 15.6. The Kier molecular flexibility index (Phi) is 6.72. The maximum absolute atomic E-state index is 5.82. The quantitative estimate of drug-likeness (QED) is 0.700. The molecule has 0 amide bonds. The van der Waals surface area contributed by atoms with Crippen LogP contribution in [0.3, 0.4) is 0 Å². The lowest BCUT2D eigenvalue weighted by Gasteiger charge is -2.11. The van der Waals surface area contributed by atoms with Gasteiger partial charge in [-0.1, -0.05) is 54.6 Å². The van der Waals surface area contributed by atoms with Gasteiger partial charge >= 0.3 is 0 Å². The first kappa shape index (κ1) is 16.3. The molecule has 0 heterocycles. The van der Waals surface area contributed by atoms with Crippen molar-refractivity contribution in [3.05, 3.63) is 71.8 Å². The van der Waals surface area contributed by atoms with Gasteiger partial charge in [-0.25, -0.2) is 0 Å². The summed E-state index contributed by atoms with van der Waals surface area (Å²) in [6.45, 7) is 2.77. The lowest BCUT2D eigenvalue weighted by molar-refractivity contribution is 0.0825. The van der Waals surface area contributed by atoms with E-state index in [1.165, 1.54) is 5.56 Å². The molecule has 0 fully saturated rings. The van der Waals surface area contributed by atoms with Gasteiger partial charge in [-0.2, -0.15) is 0 Å². The average molecular weight is 296 g/mol. The fraction of sp³-hybridized carbons (Fsp3) is 0.300. The van der Waals surface area contributed by atoms with Crippen molar-refractivity contribution in [1.29, 1.82) is 0 Å². The van der Waals surface area contributed by atoms with E-state index in [9.17, 15) is 0 Å². The molecule has 0 aromatic heterocycles. The molecule has 0 saturated heterocycles. The van der Waals surface area contributed by atoms with Crippen molar-refractivity contribution in [3.8, 4) is 5.75 Å². The van der Waals surface area contributed by atoms with E-state index in [4.69, 9.17) is 9.47 Å². The van der Waals surface area contributed by atoms with Crippen LogP contribution >= 0.6 is 0 Å². The topological polar surface area (TPSA) is 18.5 Å². The van der Waals surface area contributed by atoms with Gasteiger partial charge in [0.05, 0.1) is 19.8 Å². The molecule has 22 heavy (non-hydrogen) atoms. The Labute approximate surface area is 133 Å². The van der Waals surface area contributed by atoms with Crippen molar-refractivity contribution in [3.63, 3.8) is 0 Å². The van der Waals surface area contributed by atoms with Gasteiger partial charge in [0, 0.05) is 0 Å². The lowest BCUT2D eigenvalue weighted by atomic mass is 10.1. The Bertz CT molecular complexity index is 558. The molecule has 0 bridgehead atoms. The third kappa shape index (κ3) is 5.74. The Balaban J connectivity index is 1.67. The molecular weight excluding hydrogens is 272 g/mol. The summed E-state index contributed by atoms with van der Waals surface area (Å²) in [6, 6.07) is 18.5. The molecule has 2 heteroatoms. The molecule has 2 aromatic carbocycles. The summed E-state index contributed by atoms with van der Waals surface area (Å²) in [5.41, 5.74) is 2.52. The minimum Gasteiger partial charge on any atom is -0.497 e. The minimum absolute atomic E-state index is 0.265. The van der Waals surface area contributed by atoms with Crippen LogP contribution in [0.15, 0.2) is 60.7 Å². The van der Waals surface area contributed by atoms with Gasteiger partial charge in [0.15, 0.2) is 0 Å². The van der Waals surface area contributed by atoms with E-state index >= 15 is 0 Å². The predicted molar refractivity (Wildman–Crippen MR) is 92.2 cm³/mol. The molecule has 2 rings (SSSR count). The highest BCUT2D eigenvalue weighted by Gasteiger charge is 2.01. The van der Waals surface area contributed by atoms with Crippen LogP contribution in [0.25, 0.3) is 6.08 Å². The molecule has 0 spiro atoms. The van der Waals surface area contributed by atoms with Gasteiger partial charge in [0.1, 0.15) is 5.75 Å². The van der Waals surface area contributed by atoms with Gasteiger partial charge in [-0.15, -0.1) is 0 Å². The van der Waals surface area contributed by atoms with Crippen molar-refractivity contribution >= 4 is 6.08 Å². The second kappa shape index (κ2) is 9.06. The van der Waals surface area contributed by atoms with E-state index in [0.717, 1.165) is 24.2 Å². The summed E-state index contributed by atoms with van der Waals surface area (Å²) in [5.74, 6) is 0.878. The molecule has 2 nitrogen and oxygen atoms in total. The molecule has 2 aromatic rings. The van der Waals surface area contributed by atoms with Gasteiger partial charge in [-0.3, -0.25) is 0 Å². The van der Waals surface area contributed by atoms with Crippen LogP contribution in [0.5, 0.6) is 5.75 Å². The van der Waals surface area contributed by atoms with Crippen LogP contribution < -0.4 is 4.74 Å². The first-order valence-electron chi connectivity index (χ1n) is 7.74. The van der Waals surface area contributed by atoms with E-state index in [1.54, 1.807) is 7.11 Å². The van der Waals surface area contributed by atoms with Gasteiger partial charge in [0.2, 0.25) is 0 Å². The van der Waals surface area contributed by atoms with Crippen LogP contribution in [-0.4, -0.2) is 19.8 Å².